The van der Waals surface area contributed by atoms with Crippen molar-refractivity contribution in [3.63, 3.8) is 0 Å². The summed E-state index contributed by atoms with van der Waals surface area (Å²) in [5.74, 6) is -6.01. The molecule has 0 bridgehead atoms. The van der Waals surface area contributed by atoms with E-state index in [0.717, 1.165) is 17.5 Å². The van der Waals surface area contributed by atoms with Crippen LogP contribution in [0.25, 0.3) is 5.82 Å². The number of carbonyl (C=O) groups excluding carboxylic acids is 2. The second-order valence-electron chi connectivity index (χ2n) is 9.83. The van der Waals surface area contributed by atoms with Crippen molar-refractivity contribution in [2.75, 3.05) is 11.9 Å². The quantitative estimate of drug-likeness (QED) is 0.230. The van der Waals surface area contributed by atoms with Gasteiger partial charge in [-0.3, -0.25) is 9.59 Å². The zero-order valence-corrected chi connectivity index (χ0v) is 23.6. The van der Waals surface area contributed by atoms with Crippen LogP contribution in [0.1, 0.15) is 50.6 Å². The molecule has 10 nitrogen and oxygen atoms in total. The Morgan fingerprint density at radius 2 is 1.81 bits per heavy atom. The van der Waals surface area contributed by atoms with Crippen LogP contribution in [0.3, 0.4) is 0 Å². The second kappa shape index (κ2) is 11.5. The van der Waals surface area contributed by atoms with E-state index in [0.29, 0.717) is 29.0 Å². The summed E-state index contributed by atoms with van der Waals surface area (Å²) in [5.41, 5.74) is -0.965. The molecule has 1 aliphatic rings. The molecule has 0 radical (unpaired) electrons. The molecule has 2 N–H and O–H groups in total. The fourth-order valence-corrected chi connectivity index (χ4v) is 4.57. The molecule has 1 saturated carbocycles. The van der Waals surface area contributed by atoms with Gasteiger partial charge in [-0.25, -0.2) is 9.67 Å². The number of halogens is 7. The lowest BCUT2D eigenvalue weighted by Crippen LogP contribution is -2.34. The number of alkyl halides is 5. The molecule has 0 spiro atoms. The van der Waals surface area contributed by atoms with Crippen molar-refractivity contribution in [1.29, 1.82) is 0 Å². The van der Waals surface area contributed by atoms with Gasteiger partial charge in [0, 0.05) is 17.8 Å². The maximum atomic E-state index is 13.7. The summed E-state index contributed by atoms with van der Waals surface area (Å²) < 4.78 is 66.8. The zero-order valence-electron chi connectivity index (χ0n) is 22.1. The van der Waals surface area contributed by atoms with E-state index >= 15 is 0 Å². The van der Waals surface area contributed by atoms with Crippen LogP contribution in [-0.2, 0) is 12.5 Å². The van der Waals surface area contributed by atoms with Crippen LogP contribution < -0.4 is 10.6 Å². The first-order valence-electron chi connectivity index (χ1n) is 12.7. The number of anilines is 1. The lowest BCUT2D eigenvalue weighted by atomic mass is 10.1. The van der Waals surface area contributed by atoms with Gasteiger partial charge >= 0.3 is 12.1 Å². The molecule has 3 heterocycles. The maximum absolute atomic E-state index is 13.7. The highest BCUT2D eigenvalue weighted by atomic mass is 35.5. The molecule has 17 heteroatoms. The fourth-order valence-electron chi connectivity index (χ4n) is 4.09. The maximum Gasteiger partial charge on any atom is 0.459 e. The SMILES string of the molecule is Cc1cc(Cl)cc(C(=O)NCC2CC2)c1NC(=O)c1cc(Cn2ncc(C(F)(F)C(F)(F)F)n2)nn1-c1ncccc1Cl. The van der Waals surface area contributed by atoms with Gasteiger partial charge in [-0.05, 0) is 61.6 Å². The predicted octanol–water partition coefficient (Wildman–Crippen LogP) is 5.57. The van der Waals surface area contributed by atoms with E-state index in [4.69, 9.17) is 23.2 Å². The topological polar surface area (TPSA) is 120 Å². The molecule has 0 saturated heterocycles. The Labute approximate surface area is 250 Å². The van der Waals surface area contributed by atoms with E-state index in [1.807, 2.05) is 0 Å². The van der Waals surface area contributed by atoms with Gasteiger partial charge in [0.05, 0.1) is 28.2 Å². The Kier molecular flexibility index (Phi) is 8.13. The van der Waals surface area contributed by atoms with Crippen molar-refractivity contribution in [3.8, 4) is 5.82 Å². The normalized spacial score (nSPS) is 13.7. The van der Waals surface area contributed by atoms with Gasteiger partial charge in [0.15, 0.2) is 11.5 Å². The molecule has 226 valence electrons. The van der Waals surface area contributed by atoms with E-state index in [1.54, 1.807) is 13.0 Å². The molecule has 0 atom stereocenters. The van der Waals surface area contributed by atoms with E-state index in [9.17, 15) is 31.5 Å². The number of benzene rings is 1. The molecule has 3 aromatic heterocycles. The highest BCUT2D eigenvalue weighted by Gasteiger charge is 2.60. The van der Waals surface area contributed by atoms with Gasteiger partial charge in [0.1, 0.15) is 12.2 Å². The van der Waals surface area contributed by atoms with Crippen molar-refractivity contribution in [1.82, 2.24) is 35.1 Å². The van der Waals surface area contributed by atoms with Crippen LogP contribution in [-0.4, -0.2) is 54.3 Å². The van der Waals surface area contributed by atoms with E-state index in [-0.39, 0.29) is 38.5 Å². The minimum atomic E-state index is -5.87. The zero-order chi connectivity index (χ0) is 31.1. The highest BCUT2D eigenvalue weighted by molar-refractivity contribution is 6.32. The molecule has 1 aliphatic carbocycles. The Balaban J connectivity index is 1.48. The molecule has 2 amide bonds. The molecule has 0 aliphatic heterocycles. The average molecular weight is 643 g/mol. The third kappa shape index (κ3) is 6.46. The number of aryl methyl sites for hydroxylation is 1. The van der Waals surface area contributed by atoms with Gasteiger partial charge in [-0.15, -0.1) is 0 Å². The summed E-state index contributed by atoms with van der Waals surface area (Å²) in [6, 6.07) is 7.24. The summed E-state index contributed by atoms with van der Waals surface area (Å²) in [7, 11) is 0. The van der Waals surface area contributed by atoms with Crippen LogP contribution >= 0.6 is 23.2 Å². The lowest BCUT2D eigenvalue weighted by Gasteiger charge is -2.16. The summed E-state index contributed by atoms with van der Waals surface area (Å²) in [5, 5.41) is 16.9. The van der Waals surface area contributed by atoms with E-state index in [1.165, 1.54) is 30.5 Å². The molecule has 5 rings (SSSR count). The Hall–Kier alpha value is -4.11. The first-order valence-corrected chi connectivity index (χ1v) is 13.4. The third-order valence-corrected chi connectivity index (χ3v) is 6.99. The summed E-state index contributed by atoms with van der Waals surface area (Å²) >= 11 is 12.5. The molecule has 1 fully saturated rings. The van der Waals surface area contributed by atoms with Crippen molar-refractivity contribution < 1.29 is 31.5 Å². The number of nitrogens with one attached hydrogen (secondary N) is 2. The average Bonchev–Trinajstić information content (AvgIpc) is 3.48. The lowest BCUT2D eigenvalue weighted by molar-refractivity contribution is -0.291. The Bertz CT molecular complexity index is 1700. The van der Waals surface area contributed by atoms with Crippen molar-refractivity contribution in [2.24, 2.45) is 5.92 Å². The van der Waals surface area contributed by atoms with Crippen LogP contribution in [0.4, 0.5) is 27.6 Å². The molecular weight excluding hydrogens is 622 g/mol. The van der Waals surface area contributed by atoms with Crippen LogP contribution in [0.15, 0.2) is 42.7 Å². The minimum absolute atomic E-state index is 0.000396. The first-order chi connectivity index (χ1) is 20.2. The number of amides is 2. The Morgan fingerprint density at radius 1 is 1.07 bits per heavy atom. The Morgan fingerprint density at radius 3 is 2.49 bits per heavy atom. The monoisotopic (exact) mass is 642 g/mol. The number of nitrogens with zero attached hydrogens (tertiary/aromatic N) is 6. The fraction of sp³-hybridized carbons (Fsp3) is 0.308. The van der Waals surface area contributed by atoms with Crippen molar-refractivity contribution in [2.45, 2.75) is 38.4 Å². The number of hydrogen-bond acceptors (Lipinski definition) is 6. The highest BCUT2D eigenvalue weighted by Crippen LogP contribution is 2.42. The number of pyridine rings is 1. The number of hydrogen-bond donors (Lipinski definition) is 2. The molecule has 0 unspecified atom stereocenters. The molecule has 1 aromatic carbocycles. The standard InChI is InChI=1S/C26H21Cl2F5N8O2/c1-13-7-15(27)8-17(23(42)35-10-14-4-5-14)21(13)37-24(43)19-9-16(38-41(19)22-18(28)3-2-6-34-22)12-40-36-11-20(39-40)25(29,30)26(31,32)33/h2-3,6-9,11,14H,4-5,10,12H2,1H3,(H,35,42)(H,37,43). The van der Waals surface area contributed by atoms with E-state index in [2.05, 4.69) is 30.9 Å². The van der Waals surface area contributed by atoms with Crippen LogP contribution in [0, 0.1) is 12.8 Å². The van der Waals surface area contributed by atoms with Gasteiger partial charge in [0.25, 0.3) is 11.8 Å². The predicted molar refractivity (Wildman–Crippen MR) is 145 cm³/mol. The van der Waals surface area contributed by atoms with Gasteiger partial charge in [-0.2, -0.15) is 42.0 Å². The van der Waals surface area contributed by atoms with Crippen molar-refractivity contribution in [3.05, 3.63) is 81.0 Å². The largest absolute Gasteiger partial charge is 0.459 e. The number of aromatic nitrogens is 6. The van der Waals surface area contributed by atoms with Crippen molar-refractivity contribution >= 4 is 40.7 Å². The minimum Gasteiger partial charge on any atom is -0.352 e. The smallest absolute Gasteiger partial charge is 0.352 e. The van der Waals surface area contributed by atoms with Crippen LogP contribution in [0.5, 0.6) is 0 Å². The van der Waals surface area contributed by atoms with Gasteiger partial charge in [-0.1, -0.05) is 23.2 Å². The van der Waals surface area contributed by atoms with Gasteiger partial charge in [0.2, 0.25) is 0 Å². The number of carbonyl (C=O) groups is 2. The third-order valence-electron chi connectivity index (χ3n) is 6.48. The molecule has 43 heavy (non-hydrogen) atoms. The van der Waals surface area contributed by atoms with E-state index < -0.39 is 36.2 Å². The van der Waals surface area contributed by atoms with Gasteiger partial charge < -0.3 is 10.6 Å². The summed E-state index contributed by atoms with van der Waals surface area (Å²) in [6.07, 6.45) is -2.16. The molecular formula is C26H21Cl2F5N8O2. The molecule has 4 aromatic rings. The number of rotatable bonds is 9. The summed E-state index contributed by atoms with van der Waals surface area (Å²) in [4.78, 5) is 31.4. The van der Waals surface area contributed by atoms with Crippen LogP contribution in [0.2, 0.25) is 10.0 Å². The first kappa shape index (κ1) is 30.4. The summed E-state index contributed by atoms with van der Waals surface area (Å²) in [6.45, 7) is 1.64. The second-order valence-corrected chi connectivity index (χ2v) is 10.7.